The van der Waals surface area contributed by atoms with Crippen molar-refractivity contribution >= 4 is 12.0 Å². The van der Waals surface area contributed by atoms with E-state index in [0.717, 1.165) is 31.1 Å². The second kappa shape index (κ2) is 5.27. The number of benzene rings is 1. The van der Waals surface area contributed by atoms with Crippen LogP contribution in [0.15, 0.2) is 18.2 Å². The Balaban J connectivity index is 2.43. The SMILES string of the molecule is Nc1ccc(CCCCC=O)cc1O. The van der Waals surface area contributed by atoms with Crippen molar-refractivity contribution < 1.29 is 9.90 Å². The molecule has 0 saturated carbocycles. The minimum atomic E-state index is 0.137. The predicted octanol–water partition coefficient (Wildman–Crippen LogP) is 1.89. The maximum Gasteiger partial charge on any atom is 0.138 e. The summed E-state index contributed by atoms with van der Waals surface area (Å²) in [6, 6.07) is 5.27. The molecule has 0 heterocycles. The molecule has 0 radical (unpaired) electrons. The Morgan fingerprint density at radius 1 is 1.36 bits per heavy atom. The molecule has 0 spiro atoms. The Hall–Kier alpha value is -1.51. The van der Waals surface area contributed by atoms with E-state index in [4.69, 9.17) is 5.73 Å². The number of rotatable bonds is 5. The van der Waals surface area contributed by atoms with Crippen LogP contribution in [-0.2, 0) is 11.2 Å². The minimum Gasteiger partial charge on any atom is -0.506 e. The first kappa shape index (κ1) is 10.6. The van der Waals surface area contributed by atoms with Crippen LogP contribution < -0.4 is 5.73 Å². The Morgan fingerprint density at radius 2 is 2.14 bits per heavy atom. The third-order valence-electron chi connectivity index (χ3n) is 2.13. The summed E-state index contributed by atoms with van der Waals surface area (Å²) in [4.78, 5) is 10.1. The summed E-state index contributed by atoms with van der Waals surface area (Å²) in [7, 11) is 0. The monoisotopic (exact) mass is 193 g/mol. The molecule has 3 nitrogen and oxygen atoms in total. The summed E-state index contributed by atoms with van der Waals surface area (Å²) in [5.41, 5.74) is 6.93. The average Bonchev–Trinajstić information content (AvgIpc) is 2.18. The first-order valence-corrected chi connectivity index (χ1v) is 4.75. The largest absolute Gasteiger partial charge is 0.506 e. The first-order chi connectivity index (χ1) is 6.74. The van der Waals surface area contributed by atoms with E-state index in [1.165, 1.54) is 0 Å². The van der Waals surface area contributed by atoms with E-state index >= 15 is 0 Å². The molecular formula is C11H15NO2. The van der Waals surface area contributed by atoms with Gasteiger partial charge in [-0.25, -0.2) is 0 Å². The molecule has 0 aliphatic rings. The van der Waals surface area contributed by atoms with Gasteiger partial charge in [0.15, 0.2) is 0 Å². The molecule has 0 amide bonds. The Kier molecular flexibility index (Phi) is 3.98. The highest BCUT2D eigenvalue weighted by atomic mass is 16.3. The van der Waals surface area contributed by atoms with Gasteiger partial charge in [0.1, 0.15) is 12.0 Å². The van der Waals surface area contributed by atoms with Crippen molar-refractivity contribution in [3.05, 3.63) is 23.8 Å². The van der Waals surface area contributed by atoms with Crippen LogP contribution in [0, 0.1) is 0 Å². The van der Waals surface area contributed by atoms with E-state index < -0.39 is 0 Å². The Bertz CT molecular complexity index is 310. The van der Waals surface area contributed by atoms with Gasteiger partial charge >= 0.3 is 0 Å². The number of phenolic OH excluding ortho intramolecular Hbond substituents is 1. The van der Waals surface area contributed by atoms with Gasteiger partial charge in [0.2, 0.25) is 0 Å². The van der Waals surface area contributed by atoms with Gasteiger partial charge in [-0.1, -0.05) is 6.07 Å². The van der Waals surface area contributed by atoms with Gasteiger partial charge in [0, 0.05) is 6.42 Å². The fraction of sp³-hybridized carbons (Fsp3) is 0.364. The molecule has 0 aliphatic carbocycles. The van der Waals surface area contributed by atoms with Gasteiger partial charge in [-0.05, 0) is 37.0 Å². The van der Waals surface area contributed by atoms with E-state index in [-0.39, 0.29) is 5.75 Å². The maximum atomic E-state index is 10.1. The number of anilines is 1. The molecule has 0 saturated heterocycles. The van der Waals surface area contributed by atoms with Crippen LogP contribution in [0.5, 0.6) is 5.75 Å². The van der Waals surface area contributed by atoms with Crippen molar-refractivity contribution in [2.24, 2.45) is 0 Å². The summed E-state index contributed by atoms with van der Waals surface area (Å²) in [5, 5.41) is 9.32. The van der Waals surface area contributed by atoms with Gasteiger partial charge < -0.3 is 15.6 Å². The highest BCUT2D eigenvalue weighted by molar-refractivity contribution is 5.53. The molecule has 3 heteroatoms. The number of unbranched alkanes of at least 4 members (excludes halogenated alkanes) is 2. The lowest BCUT2D eigenvalue weighted by molar-refractivity contribution is -0.107. The van der Waals surface area contributed by atoms with E-state index in [9.17, 15) is 9.90 Å². The summed E-state index contributed by atoms with van der Waals surface area (Å²) < 4.78 is 0. The van der Waals surface area contributed by atoms with Crippen LogP contribution >= 0.6 is 0 Å². The van der Waals surface area contributed by atoms with Crippen molar-refractivity contribution in [1.29, 1.82) is 0 Å². The van der Waals surface area contributed by atoms with Gasteiger partial charge in [0.25, 0.3) is 0 Å². The van der Waals surface area contributed by atoms with Gasteiger partial charge in [-0.3, -0.25) is 0 Å². The fourth-order valence-corrected chi connectivity index (χ4v) is 1.30. The van der Waals surface area contributed by atoms with E-state index in [0.29, 0.717) is 12.1 Å². The highest BCUT2D eigenvalue weighted by Gasteiger charge is 1.98. The number of nitrogen functional groups attached to an aromatic ring is 1. The summed E-state index contributed by atoms with van der Waals surface area (Å²) in [6.45, 7) is 0. The average molecular weight is 193 g/mol. The zero-order valence-electron chi connectivity index (χ0n) is 8.07. The molecule has 76 valence electrons. The molecule has 3 N–H and O–H groups in total. The van der Waals surface area contributed by atoms with E-state index in [1.807, 2.05) is 6.07 Å². The summed E-state index contributed by atoms with van der Waals surface area (Å²) in [6.07, 6.45) is 4.28. The highest BCUT2D eigenvalue weighted by Crippen LogP contribution is 2.21. The molecule has 0 atom stereocenters. The molecule has 0 aromatic heterocycles. The Morgan fingerprint density at radius 3 is 2.79 bits per heavy atom. The number of nitrogens with two attached hydrogens (primary N) is 1. The number of aryl methyl sites for hydroxylation is 1. The molecular weight excluding hydrogens is 178 g/mol. The number of hydrogen-bond donors (Lipinski definition) is 2. The lowest BCUT2D eigenvalue weighted by Crippen LogP contribution is -1.89. The minimum absolute atomic E-state index is 0.137. The third-order valence-corrected chi connectivity index (χ3v) is 2.13. The molecule has 1 rings (SSSR count). The first-order valence-electron chi connectivity index (χ1n) is 4.75. The van der Waals surface area contributed by atoms with Gasteiger partial charge in [0.05, 0.1) is 5.69 Å². The zero-order chi connectivity index (χ0) is 10.4. The second-order valence-electron chi connectivity index (χ2n) is 3.31. The number of carbonyl (C=O) groups excluding carboxylic acids is 1. The van der Waals surface area contributed by atoms with Crippen LogP contribution in [0.1, 0.15) is 24.8 Å². The normalized spacial score (nSPS) is 10.0. The molecule has 14 heavy (non-hydrogen) atoms. The number of carbonyl (C=O) groups is 1. The molecule has 0 unspecified atom stereocenters. The van der Waals surface area contributed by atoms with Crippen molar-refractivity contribution in [3.63, 3.8) is 0 Å². The Labute approximate surface area is 83.6 Å². The van der Waals surface area contributed by atoms with Crippen molar-refractivity contribution in [3.8, 4) is 5.75 Å². The number of aromatic hydroxyl groups is 1. The van der Waals surface area contributed by atoms with Crippen LogP contribution in [0.3, 0.4) is 0 Å². The molecule has 1 aromatic rings. The lowest BCUT2D eigenvalue weighted by atomic mass is 10.1. The van der Waals surface area contributed by atoms with Crippen molar-refractivity contribution in [1.82, 2.24) is 0 Å². The summed E-state index contributed by atoms with van der Waals surface area (Å²) in [5.74, 6) is 0.137. The summed E-state index contributed by atoms with van der Waals surface area (Å²) >= 11 is 0. The van der Waals surface area contributed by atoms with E-state index in [2.05, 4.69) is 0 Å². The third kappa shape index (κ3) is 3.09. The topological polar surface area (TPSA) is 63.3 Å². The van der Waals surface area contributed by atoms with Crippen LogP contribution in [0.2, 0.25) is 0 Å². The van der Waals surface area contributed by atoms with Crippen LogP contribution in [-0.4, -0.2) is 11.4 Å². The standard InChI is InChI=1S/C11H15NO2/c12-10-6-5-9(8-11(10)14)4-2-1-3-7-13/h5-8,14H,1-4,12H2. The second-order valence-corrected chi connectivity index (χ2v) is 3.31. The van der Waals surface area contributed by atoms with Crippen LogP contribution in [0.4, 0.5) is 5.69 Å². The lowest BCUT2D eigenvalue weighted by Gasteiger charge is -2.03. The fourth-order valence-electron chi connectivity index (χ4n) is 1.30. The molecule has 0 bridgehead atoms. The zero-order valence-corrected chi connectivity index (χ0v) is 8.07. The quantitative estimate of drug-likeness (QED) is 0.325. The van der Waals surface area contributed by atoms with E-state index in [1.54, 1.807) is 12.1 Å². The molecule has 0 fully saturated rings. The predicted molar refractivity (Wildman–Crippen MR) is 56.1 cm³/mol. The van der Waals surface area contributed by atoms with Crippen molar-refractivity contribution in [2.75, 3.05) is 5.73 Å². The van der Waals surface area contributed by atoms with Gasteiger partial charge in [-0.2, -0.15) is 0 Å². The smallest absolute Gasteiger partial charge is 0.138 e. The number of aldehydes is 1. The van der Waals surface area contributed by atoms with Gasteiger partial charge in [-0.15, -0.1) is 0 Å². The number of phenols is 1. The maximum absolute atomic E-state index is 10.1. The molecule has 0 aliphatic heterocycles. The van der Waals surface area contributed by atoms with Crippen molar-refractivity contribution in [2.45, 2.75) is 25.7 Å². The molecule has 1 aromatic carbocycles. The van der Waals surface area contributed by atoms with Crippen LogP contribution in [0.25, 0.3) is 0 Å². The number of hydrogen-bond acceptors (Lipinski definition) is 3.